The van der Waals surface area contributed by atoms with Gasteiger partial charge in [0.1, 0.15) is 11.2 Å². The van der Waals surface area contributed by atoms with Gasteiger partial charge in [0.25, 0.3) is 5.69 Å². The molecule has 1 saturated heterocycles. The second-order valence-corrected chi connectivity index (χ2v) is 4.62. The second-order valence-electron chi connectivity index (χ2n) is 4.62. The fourth-order valence-corrected chi connectivity index (χ4v) is 2.25. The molecule has 19 heavy (non-hydrogen) atoms. The number of cyclic esters (lactones) is 1. The molecule has 1 aliphatic rings. The maximum Gasteiger partial charge on any atom is 0.320 e. The van der Waals surface area contributed by atoms with Crippen LogP contribution in [0.5, 0.6) is 0 Å². The lowest BCUT2D eigenvalue weighted by Crippen LogP contribution is -2.36. The highest BCUT2D eigenvalue weighted by Gasteiger charge is 2.48. The first-order chi connectivity index (χ1) is 8.95. The quantitative estimate of drug-likeness (QED) is 0.357. The highest BCUT2D eigenvalue weighted by atomic mass is 16.6. The number of non-ortho nitro benzene ring substituents is 1. The molecule has 1 heterocycles. The van der Waals surface area contributed by atoms with E-state index < -0.39 is 16.3 Å². The molecule has 2 rings (SSSR count). The molecule has 0 spiro atoms. The molecule has 0 amide bonds. The molecule has 100 valence electrons. The monoisotopic (exact) mass is 263 g/mol. The number of hydrogen-bond donors (Lipinski definition) is 0. The van der Waals surface area contributed by atoms with Crippen molar-refractivity contribution in [2.45, 2.75) is 19.8 Å². The van der Waals surface area contributed by atoms with Gasteiger partial charge in [-0.1, -0.05) is 12.1 Å². The number of nitro groups is 1. The SMILES string of the molecule is CC(=O)C1(Cc2ccc([N+](=O)[O-])cc2)CCOC1=O. The van der Waals surface area contributed by atoms with Crippen molar-refractivity contribution in [2.24, 2.45) is 5.41 Å². The van der Waals surface area contributed by atoms with Gasteiger partial charge in [-0.05, 0) is 18.9 Å². The number of rotatable bonds is 4. The first kappa shape index (κ1) is 13.2. The number of carbonyl (C=O) groups excluding carboxylic acids is 2. The van der Waals surface area contributed by atoms with Crippen LogP contribution in [-0.4, -0.2) is 23.3 Å². The number of Topliss-reactive ketones (excluding diaryl/α,β-unsaturated/α-hetero) is 1. The topological polar surface area (TPSA) is 86.5 Å². The molecule has 1 unspecified atom stereocenters. The standard InChI is InChI=1S/C13H13NO5/c1-9(15)13(6-7-19-12(13)16)8-10-2-4-11(5-3-10)14(17)18/h2-5H,6-8H2,1H3. The van der Waals surface area contributed by atoms with Crippen molar-refractivity contribution in [3.05, 3.63) is 39.9 Å². The number of esters is 1. The Morgan fingerprint density at radius 1 is 1.42 bits per heavy atom. The van der Waals surface area contributed by atoms with Gasteiger partial charge in [0.05, 0.1) is 11.5 Å². The molecule has 0 bridgehead atoms. The molecule has 0 N–H and O–H groups in total. The summed E-state index contributed by atoms with van der Waals surface area (Å²) >= 11 is 0. The summed E-state index contributed by atoms with van der Waals surface area (Å²) < 4.78 is 4.90. The van der Waals surface area contributed by atoms with Crippen LogP contribution in [0.1, 0.15) is 18.9 Å². The van der Waals surface area contributed by atoms with E-state index in [0.29, 0.717) is 12.0 Å². The van der Waals surface area contributed by atoms with Crippen molar-refractivity contribution in [1.29, 1.82) is 0 Å². The van der Waals surface area contributed by atoms with Crippen LogP contribution < -0.4 is 0 Å². The van der Waals surface area contributed by atoms with Crippen LogP contribution in [0.25, 0.3) is 0 Å². The number of nitrogens with zero attached hydrogens (tertiary/aromatic N) is 1. The Balaban J connectivity index is 2.25. The molecular formula is C13H13NO5. The minimum Gasteiger partial charge on any atom is -0.465 e. The molecule has 1 atom stereocenters. The van der Waals surface area contributed by atoms with E-state index in [-0.39, 0.29) is 24.5 Å². The number of ether oxygens (including phenoxy) is 1. The molecule has 0 radical (unpaired) electrons. The first-order valence-corrected chi connectivity index (χ1v) is 5.87. The summed E-state index contributed by atoms with van der Waals surface area (Å²) in [5, 5.41) is 10.6. The molecule has 6 nitrogen and oxygen atoms in total. The van der Waals surface area contributed by atoms with Gasteiger partial charge in [0.15, 0.2) is 0 Å². The summed E-state index contributed by atoms with van der Waals surface area (Å²) in [5.41, 5.74) is -0.440. The third kappa shape index (κ3) is 2.33. The number of benzene rings is 1. The van der Waals surface area contributed by atoms with Crippen LogP contribution in [0, 0.1) is 15.5 Å². The average Bonchev–Trinajstić information content (AvgIpc) is 2.73. The van der Waals surface area contributed by atoms with Gasteiger partial charge < -0.3 is 4.74 Å². The predicted octanol–water partition coefficient (Wildman–Crippen LogP) is 1.66. The Morgan fingerprint density at radius 3 is 2.47 bits per heavy atom. The molecule has 6 heteroatoms. The van der Waals surface area contributed by atoms with Crippen LogP contribution >= 0.6 is 0 Å². The minimum atomic E-state index is -1.13. The van der Waals surface area contributed by atoms with Gasteiger partial charge in [-0.2, -0.15) is 0 Å². The highest BCUT2D eigenvalue weighted by Crippen LogP contribution is 2.35. The molecule has 1 fully saturated rings. The lowest BCUT2D eigenvalue weighted by Gasteiger charge is -2.21. The summed E-state index contributed by atoms with van der Waals surface area (Å²) in [5.74, 6) is -0.730. The minimum absolute atomic E-state index is 0.0189. The van der Waals surface area contributed by atoms with E-state index in [9.17, 15) is 19.7 Å². The third-order valence-corrected chi connectivity index (χ3v) is 3.48. The van der Waals surface area contributed by atoms with Gasteiger partial charge in [-0.25, -0.2) is 0 Å². The molecule has 1 aliphatic heterocycles. The van der Waals surface area contributed by atoms with Crippen molar-refractivity contribution < 1.29 is 19.2 Å². The molecule has 0 saturated carbocycles. The summed E-state index contributed by atoms with van der Waals surface area (Å²) in [7, 11) is 0. The fourth-order valence-electron chi connectivity index (χ4n) is 2.25. The maximum absolute atomic E-state index is 11.8. The number of nitro benzene ring substituents is 1. The zero-order valence-corrected chi connectivity index (χ0v) is 10.4. The van der Waals surface area contributed by atoms with Gasteiger partial charge in [0, 0.05) is 18.6 Å². The maximum atomic E-state index is 11.8. The molecule has 1 aromatic rings. The number of ketones is 1. The van der Waals surface area contributed by atoms with E-state index in [2.05, 4.69) is 0 Å². The predicted molar refractivity (Wildman–Crippen MR) is 65.5 cm³/mol. The zero-order chi connectivity index (χ0) is 14.0. The zero-order valence-electron chi connectivity index (χ0n) is 10.4. The molecular weight excluding hydrogens is 250 g/mol. The van der Waals surface area contributed by atoms with Gasteiger partial charge in [0.2, 0.25) is 0 Å². The third-order valence-electron chi connectivity index (χ3n) is 3.48. The Labute approximate surface area is 109 Å². The van der Waals surface area contributed by atoms with Gasteiger partial charge in [-0.3, -0.25) is 19.7 Å². The summed E-state index contributed by atoms with van der Waals surface area (Å²) in [4.78, 5) is 33.6. The summed E-state index contributed by atoms with van der Waals surface area (Å²) in [6, 6.07) is 5.86. The first-order valence-electron chi connectivity index (χ1n) is 5.87. The van der Waals surface area contributed by atoms with Crippen molar-refractivity contribution in [2.75, 3.05) is 6.61 Å². The Kier molecular flexibility index (Phi) is 3.33. The Morgan fingerprint density at radius 2 is 2.05 bits per heavy atom. The summed E-state index contributed by atoms with van der Waals surface area (Å²) in [6.07, 6.45) is 0.581. The summed E-state index contributed by atoms with van der Waals surface area (Å²) in [6.45, 7) is 1.61. The van der Waals surface area contributed by atoms with Crippen molar-refractivity contribution in [1.82, 2.24) is 0 Å². The van der Waals surface area contributed by atoms with E-state index in [4.69, 9.17) is 4.74 Å². The number of hydrogen-bond acceptors (Lipinski definition) is 5. The lowest BCUT2D eigenvalue weighted by atomic mass is 9.77. The second kappa shape index (κ2) is 4.79. The van der Waals surface area contributed by atoms with Crippen LogP contribution in [0.3, 0.4) is 0 Å². The van der Waals surface area contributed by atoms with E-state index in [0.717, 1.165) is 0 Å². The van der Waals surface area contributed by atoms with Crippen LogP contribution in [-0.2, 0) is 20.7 Å². The Bertz CT molecular complexity index is 536. The molecule has 1 aromatic carbocycles. The Hall–Kier alpha value is -2.24. The molecule has 0 aliphatic carbocycles. The highest BCUT2D eigenvalue weighted by molar-refractivity contribution is 6.04. The van der Waals surface area contributed by atoms with Gasteiger partial charge >= 0.3 is 5.97 Å². The van der Waals surface area contributed by atoms with Crippen LogP contribution in [0.15, 0.2) is 24.3 Å². The van der Waals surface area contributed by atoms with Crippen LogP contribution in [0.2, 0.25) is 0 Å². The fraction of sp³-hybridized carbons (Fsp3) is 0.385. The smallest absolute Gasteiger partial charge is 0.320 e. The number of carbonyl (C=O) groups is 2. The molecule has 0 aromatic heterocycles. The van der Waals surface area contributed by atoms with Gasteiger partial charge in [-0.15, -0.1) is 0 Å². The average molecular weight is 263 g/mol. The van der Waals surface area contributed by atoms with Crippen molar-refractivity contribution in [3.63, 3.8) is 0 Å². The van der Waals surface area contributed by atoms with E-state index >= 15 is 0 Å². The van der Waals surface area contributed by atoms with E-state index in [1.165, 1.54) is 19.1 Å². The lowest BCUT2D eigenvalue weighted by molar-refractivity contribution is -0.384. The van der Waals surface area contributed by atoms with Crippen LogP contribution in [0.4, 0.5) is 5.69 Å². The van der Waals surface area contributed by atoms with E-state index in [1.807, 2.05) is 0 Å². The normalized spacial score (nSPS) is 22.1. The van der Waals surface area contributed by atoms with E-state index in [1.54, 1.807) is 12.1 Å². The largest absolute Gasteiger partial charge is 0.465 e. The van der Waals surface area contributed by atoms with Crippen molar-refractivity contribution >= 4 is 17.4 Å². The van der Waals surface area contributed by atoms with Crippen molar-refractivity contribution in [3.8, 4) is 0 Å².